The monoisotopic (exact) mass is 319 g/mol. The third-order valence-corrected chi connectivity index (χ3v) is 6.05. The Morgan fingerprint density at radius 3 is 2.55 bits per heavy atom. The van der Waals surface area contributed by atoms with Crippen molar-refractivity contribution in [2.75, 3.05) is 13.1 Å². The molecular formula is C17H18FNO2S. The van der Waals surface area contributed by atoms with Gasteiger partial charge in [-0.2, -0.15) is 4.31 Å². The van der Waals surface area contributed by atoms with E-state index in [-0.39, 0.29) is 16.6 Å². The molecule has 2 aromatic rings. The maximum absolute atomic E-state index is 13.3. The highest BCUT2D eigenvalue weighted by Gasteiger charge is 2.33. The van der Waals surface area contributed by atoms with Crippen molar-refractivity contribution in [3.8, 4) is 0 Å². The summed E-state index contributed by atoms with van der Waals surface area (Å²) in [4.78, 5) is 0.167. The highest BCUT2D eigenvalue weighted by atomic mass is 32.2. The second-order valence-corrected chi connectivity index (χ2v) is 7.61. The van der Waals surface area contributed by atoms with Gasteiger partial charge in [0.2, 0.25) is 10.0 Å². The molecule has 0 radical (unpaired) electrons. The Hall–Kier alpha value is -1.72. The maximum Gasteiger partial charge on any atom is 0.243 e. The summed E-state index contributed by atoms with van der Waals surface area (Å²) in [6.07, 6.45) is 0.809. The van der Waals surface area contributed by atoms with Gasteiger partial charge in [0.1, 0.15) is 5.82 Å². The van der Waals surface area contributed by atoms with Crippen LogP contribution in [0.25, 0.3) is 0 Å². The summed E-state index contributed by atoms with van der Waals surface area (Å²) >= 11 is 0. The predicted octanol–water partition coefficient (Wildman–Crippen LogP) is 3.31. The Kier molecular flexibility index (Phi) is 4.02. The minimum absolute atomic E-state index is 0.167. The van der Waals surface area contributed by atoms with Crippen molar-refractivity contribution in [1.29, 1.82) is 0 Å². The smallest absolute Gasteiger partial charge is 0.207 e. The number of sulfonamides is 1. The van der Waals surface area contributed by atoms with Crippen LogP contribution >= 0.6 is 0 Å². The zero-order valence-corrected chi connectivity index (χ0v) is 13.2. The quantitative estimate of drug-likeness (QED) is 0.870. The molecule has 1 aliphatic rings. The van der Waals surface area contributed by atoms with Gasteiger partial charge in [-0.1, -0.05) is 30.3 Å². The lowest BCUT2D eigenvalue weighted by Gasteiger charge is -2.17. The highest BCUT2D eigenvalue weighted by Crippen LogP contribution is 2.31. The normalized spacial score (nSPS) is 19.5. The van der Waals surface area contributed by atoms with Crippen LogP contribution in [0.1, 0.15) is 23.5 Å². The largest absolute Gasteiger partial charge is 0.243 e. The Bertz CT molecular complexity index is 775. The van der Waals surface area contributed by atoms with E-state index in [0.717, 1.165) is 12.0 Å². The molecule has 1 aliphatic heterocycles. The summed E-state index contributed by atoms with van der Waals surface area (Å²) in [6.45, 7) is 2.55. The summed E-state index contributed by atoms with van der Waals surface area (Å²) < 4.78 is 40.2. The van der Waals surface area contributed by atoms with Gasteiger partial charge in [-0.15, -0.1) is 0 Å². The molecule has 0 bridgehead atoms. The van der Waals surface area contributed by atoms with Crippen molar-refractivity contribution in [3.05, 3.63) is 65.5 Å². The molecule has 3 rings (SSSR count). The van der Waals surface area contributed by atoms with Gasteiger partial charge in [0.15, 0.2) is 0 Å². The molecule has 1 saturated heterocycles. The molecule has 22 heavy (non-hydrogen) atoms. The van der Waals surface area contributed by atoms with Crippen LogP contribution in [-0.2, 0) is 10.0 Å². The average Bonchev–Trinajstić information content (AvgIpc) is 3.01. The van der Waals surface area contributed by atoms with Crippen LogP contribution in [0.2, 0.25) is 0 Å². The van der Waals surface area contributed by atoms with Crippen molar-refractivity contribution in [3.63, 3.8) is 0 Å². The predicted molar refractivity (Wildman–Crippen MR) is 83.7 cm³/mol. The third kappa shape index (κ3) is 2.78. The lowest BCUT2D eigenvalue weighted by atomic mass is 9.99. The molecule has 5 heteroatoms. The van der Waals surface area contributed by atoms with E-state index in [1.165, 1.54) is 22.5 Å². The average molecular weight is 319 g/mol. The molecule has 0 N–H and O–H groups in total. The first-order chi connectivity index (χ1) is 10.5. The Morgan fingerprint density at radius 1 is 1.14 bits per heavy atom. The van der Waals surface area contributed by atoms with Gasteiger partial charge in [0.05, 0.1) is 4.90 Å². The number of halogens is 1. The molecular weight excluding hydrogens is 301 g/mol. The molecule has 0 amide bonds. The second kappa shape index (κ2) is 5.82. The van der Waals surface area contributed by atoms with Crippen molar-refractivity contribution >= 4 is 10.0 Å². The SMILES string of the molecule is Cc1cc(S(=O)(=O)N2CCC(c3ccccc3)C2)ccc1F. The molecule has 0 saturated carbocycles. The van der Waals surface area contributed by atoms with Crippen molar-refractivity contribution in [2.45, 2.75) is 24.2 Å². The van der Waals surface area contributed by atoms with E-state index < -0.39 is 10.0 Å². The minimum Gasteiger partial charge on any atom is -0.207 e. The molecule has 0 aliphatic carbocycles. The highest BCUT2D eigenvalue weighted by molar-refractivity contribution is 7.89. The fraction of sp³-hybridized carbons (Fsp3) is 0.294. The first-order valence-corrected chi connectivity index (χ1v) is 8.74. The summed E-state index contributed by atoms with van der Waals surface area (Å²) in [7, 11) is -3.55. The topological polar surface area (TPSA) is 37.4 Å². The number of nitrogens with zero attached hydrogens (tertiary/aromatic N) is 1. The van der Waals surface area contributed by atoms with E-state index in [0.29, 0.717) is 18.7 Å². The summed E-state index contributed by atoms with van der Waals surface area (Å²) in [5.74, 6) is -0.167. The summed E-state index contributed by atoms with van der Waals surface area (Å²) in [6, 6.07) is 13.9. The molecule has 0 spiro atoms. The first-order valence-electron chi connectivity index (χ1n) is 7.30. The number of rotatable bonds is 3. The molecule has 116 valence electrons. The van der Waals surface area contributed by atoms with E-state index in [4.69, 9.17) is 0 Å². The minimum atomic E-state index is -3.55. The summed E-state index contributed by atoms with van der Waals surface area (Å²) in [5.41, 5.74) is 1.51. The molecule has 1 heterocycles. The van der Waals surface area contributed by atoms with Crippen molar-refractivity contribution in [2.24, 2.45) is 0 Å². The zero-order chi connectivity index (χ0) is 15.7. The van der Waals surface area contributed by atoms with Crippen LogP contribution in [0.4, 0.5) is 4.39 Å². The van der Waals surface area contributed by atoms with E-state index in [2.05, 4.69) is 0 Å². The van der Waals surface area contributed by atoms with E-state index in [1.54, 1.807) is 6.92 Å². The molecule has 3 nitrogen and oxygen atoms in total. The summed E-state index contributed by atoms with van der Waals surface area (Å²) in [5, 5.41) is 0. The third-order valence-electron chi connectivity index (χ3n) is 4.19. The van der Waals surface area contributed by atoms with Gasteiger partial charge in [-0.05, 0) is 48.6 Å². The Labute approximate surface area is 130 Å². The zero-order valence-electron chi connectivity index (χ0n) is 12.4. The molecule has 1 atom stereocenters. The number of hydrogen-bond acceptors (Lipinski definition) is 2. The fourth-order valence-electron chi connectivity index (χ4n) is 2.87. The number of hydrogen-bond donors (Lipinski definition) is 0. The van der Waals surface area contributed by atoms with Crippen LogP contribution < -0.4 is 0 Å². The van der Waals surface area contributed by atoms with Gasteiger partial charge >= 0.3 is 0 Å². The fourth-order valence-corrected chi connectivity index (χ4v) is 4.46. The van der Waals surface area contributed by atoms with Gasteiger partial charge in [0.25, 0.3) is 0 Å². The standard InChI is InChI=1S/C17H18FNO2S/c1-13-11-16(7-8-17(13)18)22(20,21)19-10-9-15(12-19)14-5-3-2-4-6-14/h2-8,11,15H,9-10,12H2,1H3. The van der Waals surface area contributed by atoms with Gasteiger partial charge in [-0.3, -0.25) is 0 Å². The number of aryl methyl sites for hydroxylation is 1. The number of benzene rings is 2. The second-order valence-electron chi connectivity index (χ2n) is 5.67. The molecule has 1 unspecified atom stereocenters. The van der Waals surface area contributed by atoms with E-state index in [1.807, 2.05) is 30.3 Å². The Balaban J connectivity index is 1.83. The maximum atomic E-state index is 13.3. The van der Waals surface area contributed by atoms with Crippen LogP contribution in [0, 0.1) is 12.7 Å². The van der Waals surface area contributed by atoms with Crippen molar-refractivity contribution in [1.82, 2.24) is 4.31 Å². The molecule has 1 fully saturated rings. The lowest BCUT2D eigenvalue weighted by molar-refractivity contribution is 0.472. The van der Waals surface area contributed by atoms with E-state index >= 15 is 0 Å². The molecule has 2 aromatic carbocycles. The Morgan fingerprint density at radius 2 is 1.86 bits per heavy atom. The van der Waals surface area contributed by atoms with Gasteiger partial charge in [0, 0.05) is 13.1 Å². The van der Waals surface area contributed by atoms with Gasteiger partial charge in [-0.25, -0.2) is 12.8 Å². The van der Waals surface area contributed by atoms with E-state index in [9.17, 15) is 12.8 Å². The molecule has 0 aromatic heterocycles. The van der Waals surface area contributed by atoms with Crippen LogP contribution in [0.3, 0.4) is 0 Å². The lowest BCUT2D eigenvalue weighted by Crippen LogP contribution is -2.28. The van der Waals surface area contributed by atoms with Crippen molar-refractivity contribution < 1.29 is 12.8 Å². The van der Waals surface area contributed by atoms with Crippen LogP contribution in [0.5, 0.6) is 0 Å². The van der Waals surface area contributed by atoms with Gasteiger partial charge < -0.3 is 0 Å². The van der Waals surface area contributed by atoms with Crippen LogP contribution in [-0.4, -0.2) is 25.8 Å². The first kappa shape index (κ1) is 15.2. The van der Waals surface area contributed by atoms with Crippen LogP contribution in [0.15, 0.2) is 53.4 Å².